The molecule has 0 aliphatic carbocycles. The molecule has 18 heavy (non-hydrogen) atoms. The van der Waals surface area contributed by atoms with Gasteiger partial charge in [-0.05, 0) is 6.42 Å². The van der Waals surface area contributed by atoms with E-state index in [2.05, 4.69) is 17.0 Å². The number of carbonyl (C=O) groups is 1. The van der Waals surface area contributed by atoms with Gasteiger partial charge in [-0.15, -0.1) is 11.3 Å². The molecule has 0 radical (unpaired) electrons. The Bertz CT molecular complexity index is 463. The third-order valence-electron chi connectivity index (χ3n) is 2.50. The van der Waals surface area contributed by atoms with Crippen LogP contribution < -0.4 is 11.1 Å². The van der Waals surface area contributed by atoms with Crippen LogP contribution in [0.25, 0.3) is 0 Å². The van der Waals surface area contributed by atoms with Crippen LogP contribution in [0.1, 0.15) is 41.4 Å². The number of hydrogen-bond donors (Lipinski definition) is 2. The van der Waals surface area contributed by atoms with Gasteiger partial charge in [0, 0.05) is 6.54 Å². The van der Waals surface area contributed by atoms with Crippen LogP contribution in [0.3, 0.4) is 0 Å². The number of anilines is 2. The van der Waals surface area contributed by atoms with Crippen LogP contribution in [0.4, 0.5) is 10.7 Å². The average Bonchev–Trinajstić information content (AvgIpc) is 2.70. The Balaban J connectivity index is 2.89. The molecule has 98 valence electrons. The number of nitriles is 1. The fraction of sp³-hybridized carbons (Fsp3) is 0.500. The van der Waals surface area contributed by atoms with E-state index >= 15 is 0 Å². The van der Waals surface area contributed by atoms with Crippen molar-refractivity contribution >= 4 is 28.0 Å². The molecular formula is C12H17N3O2S. The summed E-state index contributed by atoms with van der Waals surface area (Å²) in [6, 6.07) is 1.98. The van der Waals surface area contributed by atoms with E-state index in [4.69, 9.17) is 11.0 Å². The number of nitrogen functional groups attached to an aromatic ring is 1. The topological polar surface area (TPSA) is 88.1 Å². The number of nitrogens with two attached hydrogens (primary N) is 1. The van der Waals surface area contributed by atoms with Gasteiger partial charge in [-0.1, -0.05) is 19.8 Å². The fourth-order valence-corrected chi connectivity index (χ4v) is 2.46. The standard InChI is InChI=1S/C12H17N3O2S/c1-3-4-5-6-15-11-9(12(16)17-2)10(14)8(7-13)18-11/h15H,3-6,14H2,1-2H3. The highest BCUT2D eigenvalue weighted by atomic mass is 32.1. The van der Waals surface area contributed by atoms with Gasteiger partial charge in [-0.2, -0.15) is 5.26 Å². The molecule has 0 atom stereocenters. The van der Waals surface area contributed by atoms with E-state index in [9.17, 15) is 4.79 Å². The summed E-state index contributed by atoms with van der Waals surface area (Å²) in [5.41, 5.74) is 6.24. The van der Waals surface area contributed by atoms with E-state index in [0.717, 1.165) is 25.8 Å². The zero-order valence-corrected chi connectivity index (χ0v) is 11.4. The number of nitrogens with zero attached hydrogens (tertiary/aromatic N) is 1. The predicted molar refractivity (Wildman–Crippen MR) is 72.8 cm³/mol. The number of nitrogens with one attached hydrogen (secondary N) is 1. The lowest BCUT2D eigenvalue weighted by atomic mass is 10.2. The normalized spacial score (nSPS) is 9.83. The Morgan fingerprint density at radius 3 is 2.83 bits per heavy atom. The van der Waals surface area contributed by atoms with Gasteiger partial charge in [0.2, 0.25) is 0 Å². The summed E-state index contributed by atoms with van der Waals surface area (Å²) >= 11 is 1.19. The quantitative estimate of drug-likeness (QED) is 0.611. The molecule has 0 unspecified atom stereocenters. The second kappa shape index (κ2) is 6.87. The first-order valence-corrected chi connectivity index (χ1v) is 6.61. The second-order valence-corrected chi connectivity index (χ2v) is 4.81. The van der Waals surface area contributed by atoms with Gasteiger partial charge in [-0.3, -0.25) is 0 Å². The van der Waals surface area contributed by atoms with Crippen LogP contribution in [-0.2, 0) is 4.74 Å². The predicted octanol–water partition coefficient (Wildman–Crippen LogP) is 2.59. The van der Waals surface area contributed by atoms with Crippen LogP contribution in [0, 0.1) is 11.3 Å². The van der Waals surface area contributed by atoms with Crippen LogP contribution in [0.5, 0.6) is 0 Å². The first kappa shape index (κ1) is 14.3. The number of hydrogen-bond acceptors (Lipinski definition) is 6. The van der Waals surface area contributed by atoms with E-state index < -0.39 is 5.97 Å². The number of unbranched alkanes of at least 4 members (excludes halogenated alkanes) is 2. The zero-order valence-electron chi connectivity index (χ0n) is 10.6. The minimum absolute atomic E-state index is 0.201. The third kappa shape index (κ3) is 3.14. The van der Waals surface area contributed by atoms with Crippen LogP contribution >= 0.6 is 11.3 Å². The molecule has 3 N–H and O–H groups in total. The molecule has 5 nitrogen and oxygen atoms in total. The van der Waals surface area contributed by atoms with Crippen LogP contribution in [0.15, 0.2) is 0 Å². The summed E-state index contributed by atoms with van der Waals surface area (Å²) in [6.07, 6.45) is 3.25. The molecule has 0 aromatic carbocycles. The Kier molecular flexibility index (Phi) is 5.46. The third-order valence-corrected chi connectivity index (χ3v) is 3.57. The van der Waals surface area contributed by atoms with E-state index in [0.29, 0.717) is 9.88 Å². The van der Waals surface area contributed by atoms with Crippen molar-refractivity contribution in [2.45, 2.75) is 26.2 Å². The maximum absolute atomic E-state index is 11.6. The average molecular weight is 267 g/mol. The van der Waals surface area contributed by atoms with E-state index in [-0.39, 0.29) is 11.3 Å². The molecule has 0 aliphatic rings. The van der Waals surface area contributed by atoms with Gasteiger partial charge in [0.25, 0.3) is 0 Å². The summed E-state index contributed by atoms with van der Waals surface area (Å²) in [6.45, 7) is 2.87. The number of carbonyl (C=O) groups excluding carboxylic acids is 1. The summed E-state index contributed by atoms with van der Waals surface area (Å²) in [7, 11) is 1.30. The van der Waals surface area contributed by atoms with Gasteiger partial charge >= 0.3 is 5.97 Å². The molecule has 1 aromatic heterocycles. The Morgan fingerprint density at radius 2 is 2.28 bits per heavy atom. The molecule has 0 amide bonds. The van der Waals surface area contributed by atoms with Gasteiger partial charge in [0.1, 0.15) is 21.5 Å². The molecule has 0 saturated carbocycles. The van der Waals surface area contributed by atoms with Gasteiger partial charge in [0.15, 0.2) is 0 Å². The lowest BCUT2D eigenvalue weighted by Crippen LogP contribution is -2.08. The minimum Gasteiger partial charge on any atom is -0.465 e. The number of esters is 1. The molecule has 0 aliphatic heterocycles. The summed E-state index contributed by atoms with van der Waals surface area (Å²) in [4.78, 5) is 12.0. The highest BCUT2D eigenvalue weighted by Crippen LogP contribution is 2.35. The minimum atomic E-state index is -0.511. The van der Waals surface area contributed by atoms with Crippen LogP contribution in [0.2, 0.25) is 0 Å². The lowest BCUT2D eigenvalue weighted by molar-refractivity contribution is 0.0603. The molecule has 1 aromatic rings. The first-order chi connectivity index (χ1) is 8.65. The molecule has 0 saturated heterocycles. The van der Waals surface area contributed by atoms with Crippen molar-refractivity contribution in [1.29, 1.82) is 5.26 Å². The largest absolute Gasteiger partial charge is 0.465 e. The highest BCUT2D eigenvalue weighted by Gasteiger charge is 2.22. The van der Waals surface area contributed by atoms with Crippen LogP contribution in [-0.4, -0.2) is 19.6 Å². The van der Waals surface area contributed by atoms with Gasteiger partial charge < -0.3 is 15.8 Å². The monoisotopic (exact) mass is 267 g/mol. The van der Waals surface area contributed by atoms with Crippen molar-refractivity contribution in [3.63, 3.8) is 0 Å². The van der Waals surface area contributed by atoms with Gasteiger partial charge in [-0.25, -0.2) is 4.79 Å². The van der Waals surface area contributed by atoms with Crippen molar-refractivity contribution in [2.24, 2.45) is 0 Å². The molecule has 0 spiro atoms. The van der Waals surface area contributed by atoms with E-state index in [1.807, 2.05) is 6.07 Å². The van der Waals surface area contributed by atoms with Crippen molar-refractivity contribution in [3.8, 4) is 6.07 Å². The molecular weight excluding hydrogens is 250 g/mol. The molecule has 1 heterocycles. The summed E-state index contributed by atoms with van der Waals surface area (Å²) in [5, 5.41) is 12.7. The summed E-state index contributed by atoms with van der Waals surface area (Å²) < 4.78 is 4.68. The molecule has 0 fully saturated rings. The molecule has 0 bridgehead atoms. The smallest absolute Gasteiger partial charge is 0.343 e. The Morgan fingerprint density at radius 1 is 1.56 bits per heavy atom. The Hall–Kier alpha value is -1.74. The summed E-state index contributed by atoms with van der Waals surface area (Å²) in [5.74, 6) is -0.511. The van der Waals surface area contributed by atoms with E-state index in [1.165, 1.54) is 18.4 Å². The first-order valence-electron chi connectivity index (χ1n) is 5.80. The van der Waals surface area contributed by atoms with Crippen molar-refractivity contribution < 1.29 is 9.53 Å². The van der Waals surface area contributed by atoms with Gasteiger partial charge in [0.05, 0.1) is 12.8 Å². The van der Waals surface area contributed by atoms with E-state index in [1.54, 1.807) is 0 Å². The maximum Gasteiger partial charge on any atom is 0.343 e. The van der Waals surface area contributed by atoms with Crippen molar-refractivity contribution in [1.82, 2.24) is 0 Å². The Labute approximate surface area is 111 Å². The fourth-order valence-electron chi connectivity index (χ4n) is 1.53. The van der Waals surface area contributed by atoms with Crippen molar-refractivity contribution in [3.05, 3.63) is 10.4 Å². The van der Waals surface area contributed by atoms with Crippen molar-refractivity contribution in [2.75, 3.05) is 24.7 Å². The lowest BCUT2D eigenvalue weighted by Gasteiger charge is -2.06. The molecule has 1 rings (SSSR count). The molecule has 6 heteroatoms. The number of ether oxygens (including phenoxy) is 1. The second-order valence-electron chi connectivity index (χ2n) is 3.79. The highest BCUT2D eigenvalue weighted by molar-refractivity contribution is 7.17. The number of thiophene rings is 1. The maximum atomic E-state index is 11.6. The zero-order chi connectivity index (χ0) is 13.5. The SMILES string of the molecule is CCCCCNc1sc(C#N)c(N)c1C(=O)OC. The number of methoxy groups -OCH3 is 1. The number of rotatable bonds is 6.